The van der Waals surface area contributed by atoms with Crippen molar-refractivity contribution in [3.8, 4) is 0 Å². The van der Waals surface area contributed by atoms with Gasteiger partial charge in [-0.25, -0.2) is 0 Å². The van der Waals surface area contributed by atoms with Crippen LogP contribution in [0.1, 0.15) is 30.1 Å². The van der Waals surface area contributed by atoms with Crippen LogP contribution in [0.4, 0.5) is 0 Å². The minimum atomic E-state index is -0.0598. The van der Waals surface area contributed by atoms with Crippen molar-refractivity contribution >= 4 is 29.0 Å². The Balaban J connectivity index is 2.92. The highest BCUT2D eigenvalue weighted by Crippen LogP contribution is 2.24. The van der Waals surface area contributed by atoms with E-state index in [2.05, 4.69) is 6.58 Å². The molecule has 1 nitrogen and oxygen atoms in total. The third-order valence-electron chi connectivity index (χ3n) is 2.05. The van der Waals surface area contributed by atoms with Crippen molar-refractivity contribution in [2.24, 2.45) is 0 Å². The van der Waals surface area contributed by atoms with Crippen LogP contribution in [-0.2, 0) is 0 Å². The molecule has 0 aliphatic heterocycles. The molecule has 0 saturated carbocycles. The second kappa shape index (κ2) is 5.34. The molecular formula is C12H12Cl2O. The van der Waals surface area contributed by atoms with Crippen LogP contribution >= 0.6 is 23.2 Å². The van der Waals surface area contributed by atoms with Crippen molar-refractivity contribution in [2.75, 3.05) is 0 Å². The van der Waals surface area contributed by atoms with Gasteiger partial charge in [0.1, 0.15) is 0 Å². The van der Waals surface area contributed by atoms with Crippen LogP contribution in [0.5, 0.6) is 0 Å². The predicted octanol–water partition coefficient (Wildman–Crippen LogP) is 4.53. The first-order valence-electron chi connectivity index (χ1n) is 4.73. The zero-order chi connectivity index (χ0) is 11.4. The molecular weight excluding hydrogens is 231 g/mol. The lowest BCUT2D eigenvalue weighted by atomic mass is 10.0. The molecule has 1 aromatic carbocycles. The lowest BCUT2D eigenvalue weighted by Gasteiger charge is -2.04. The monoisotopic (exact) mass is 242 g/mol. The molecule has 0 saturated heterocycles. The van der Waals surface area contributed by atoms with Crippen LogP contribution in [0.3, 0.4) is 0 Å². The van der Waals surface area contributed by atoms with E-state index < -0.39 is 0 Å². The van der Waals surface area contributed by atoms with Gasteiger partial charge in [-0.15, -0.1) is 0 Å². The van der Waals surface area contributed by atoms with Gasteiger partial charge in [-0.2, -0.15) is 0 Å². The average Bonchev–Trinajstić information content (AvgIpc) is 2.21. The van der Waals surface area contributed by atoms with E-state index >= 15 is 0 Å². The summed E-state index contributed by atoms with van der Waals surface area (Å²) >= 11 is 11.6. The van der Waals surface area contributed by atoms with Crippen molar-refractivity contribution < 1.29 is 4.79 Å². The summed E-state index contributed by atoms with van der Waals surface area (Å²) < 4.78 is 0. The van der Waals surface area contributed by atoms with Crippen LogP contribution < -0.4 is 0 Å². The Morgan fingerprint density at radius 2 is 2.00 bits per heavy atom. The summed E-state index contributed by atoms with van der Waals surface area (Å²) in [6.07, 6.45) is 1.62. The summed E-state index contributed by atoms with van der Waals surface area (Å²) in [6.45, 7) is 5.75. The number of halogens is 2. The summed E-state index contributed by atoms with van der Waals surface area (Å²) in [5.74, 6) is -0.0598. The first kappa shape index (κ1) is 12.3. The number of carbonyl (C=O) groups is 1. The Bertz CT molecular complexity index is 397. The highest BCUT2D eigenvalue weighted by molar-refractivity contribution is 6.42. The molecule has 1 aromatic rings. The van der Waals surface area contributed by atoms with E-state index in [4.69, 9.17) is 23.2 Å². The van der Waals surface area contributed by atoms with Crippen molar-refractivity contribution in [3.05, 3.63) is 46.0 Å². The SMILES string of the molecule is C=C(CCC)C(=O)c1ccc(Cl)c(Cl)c1. The van der Waals surface area contributed by atoms with E-state index in [1.807, 2.05) is 6.92 Å². The minimum Gasteiger partial charge on any atom is -0.289 e. The topological polar surface area (TPSA) is 17.1 Å². The number of ketones is 1. The quantitative estimate of drug-likeness (QED) is 0.560. The van der Waals surface area contributed by atoms with Crippen LogP contribution in [0.25, 0.3) is 0 Å². The molecule has 0 spiro atoms. The van der Waals surface area contributed by atoms with Crippen LogP contribution in [-0.4, -0.2) is 5.78 Å². The zero-order valence-corrected chi connectivity index (χ0v) is 10.0. The number of rotatable bonds is 4. The van der Waals surface area contributed by atoms with E-state index in [1.54, 1.807) is 18.2 Å². The molecule has 0 aliphatic carbocycles. The third kappa shape index (κ3) is 3.08. The fourth-order valence-corrected chi connectivity index (χ4v) is 1.55. The van der Waals surface area contributed by atoms with Gasteiger partial charge in [0.2, 0.25) is 0 Å². The smallest absolute Gasteiger partial charge is 0.188 e. The number of hydrogen-bond acceptors (Lipinski definition) is 1. The Morgan fingerprint density at radius 3 is 2.53 bits per heavy atom. The third-order valence-corrected chi connectivity index (χ3v) is 2.79. The van der Waals surface area contributed by atoms with Crippen molar-refractivity contribution in [3.63, 3.8) is 0 Å². The molecule has 0 amide bonds. The number of Topliss-reactive ketones (excluding diaryl/α,β-unsaturated/α-hetero) is 1. The lowest BCUT2D eigenvalue weighted by Crippen LogP contribution is -2.02. The van der Waals surface area contributed by atoms with Gasteiger partial charge in [0.05, 0.1) is 10.0 Å². The molecule has 15 heavy (non-hydrogen) atoms. The molecule has 0 aliphatic rings. The van der Waals surface area contributed by atoms with Crippen molar-refractivity contribution in [1.29, 1.82) is 0 Å². The Labute approximate surface area is 99.7 Å². The predicted molar refractivity (Wildman–Crippen MR) is 64.8 cm³/mol. The summed E-state index contributed by atoms with van der Waals surface area (Å²) in [7, 11) is 0. The van der Waals surface area contributed by atoms with Gasteiger partial charge in [-0.1, -0.05) is 43.1 Å². The maximum atomic E-state index is 11.8. The molecule has 0 unspecified atom stereocenters. The van der Waals surface area contributed by atoms with Gasteiger partial charge in [0.15, 0.2) is 5.78 Å². The fraction of sp³-hybridized carbons (Fsp3) is 0.250. The highest BCUT2D eigenvalue weighted by atomic mass is 35.5. The first-order chi connectivity index (χ1) is 7.06. The number of benzene rings is 1. The van der Waals surface area contributed by atoms with Gasteiger partial charge in [0.25, 0.3) is 0 Å². The molecule has 0 N–H and O–H groups in total. The van der Waals surface area contributed by atoms with Gasteiger partial charge in [-0.3, -0.25) is 4.79 Å². The summed E-state index contributed by atoms with van der Waals surface area (Å²) in [6, 6.07) is 4.86. The molecule has 1 rings (SSSR count). The largest absolute Gasteiger partial charge is 0.289 e. The fourth-order valence-electron chi connectivity index (χ4n) is 1.26. The van der Waals surface area contributed by atoms with Crippen LogP contribution in [0.15, 0.2) is 30.4 Å². The summed E-state index contributed by atoms with van der Waals surface area (Å²) in [5.41, 5.74) is 1.15. The maximum Gasteiger partial charge on any atom is 0.188 e. The number of allylic oxidation sites excluding steroid dienone is 1. The van der Waals surface area contributed by atoms with Gasteiger partial charge in [-0.05, 0) is 30.2 Å². The van der Waals surface area contributed by atoms with Gasteiger partial charge >= 0.3 is 0 Å². The Hall–Kier alpha value is -0.790. The van der Waals surface area contributed by atoms with Gasteiger partial charge < -0.3 is 0 Å². The number of hydrogen-bond donors (Lipinski definition) is 0. The molecule has 3 heteroatoms. The lowest BCUT2D eigenvalue weighted by molar-refractivity contribution is 0.103. The van der Waals surface area contributed by atoms with Crippen LogP contribution in [0, 0.1) is 0 Å². The summed E-state index contributed by atoms with van der Waals surface area (Å²) in [4.78, 5) is 11.8. The first-order valence-corrected chi connectivity index (χ1v) is 5.49. The second-order valence-electron chi connectivity index (χ2n) is 3.31. The zero-order valence-electron chi connectivity index (χ0n) is 8.52. The highest BCUT2D eigenvalue weighted by Gasteiger charge is 2.10. The van der Waals surface area contributed by atoms with Crippen molar-refractivity contribution in [1.82, 2.24) is 0 Å². The van der Waals surface area contributed by atoms with E-state index in [-0.39, 0.29) is 5.78 Å². The Morgan fingerprint density at radius 1 is 1.33 bits per heavy atom. The molecule has 0 radical (unpaired) electrons. The van der Waals surface area contributed by atoms with E-state index in [0.29, 0.717) is 27.6 Å². The van der Waals surface area contributed by atoms with E-state index in [1.165, 1.54) is 0 Å². The van der Waals surface area contributed by atoms with Crippen LogP contribution in [0.2, 0.25) is 10.0 Å². The summed E-state index contributed by atoms with van der Waals surface area (Å²) in [5, 5.41) is 0.848. The normalized spacial score (nSPS) is 10.1. The van der Waals surface area contributed by atoms with Gasteiger partial charge in [0, 0.05) is 5.56 Å². The molecule has 0 atom stereocenters. The minimum absolute atomic E-state index is 0.0598. The number of carbonyl (C=O) groups excluding carboxylic acids is 1. The average molecular weight is 243 g/mol. The molecule has 0 aromatic heterocycles. The van der Waals surface area contributed by atoms with E-state index in [9.17, 15) is 4.79 Å². The molecule has 0 heterocycles. The Kier molecular flexibility index (Phi) is 4.37. The standard InChI is InChI=1S/C12H12Cl2O/c1-3-4-8(2)12(15)9-5-6-10(13)11(14)7-9/h5-7H,2-4H2,1H3. The molecule has 80 valence electrons. The maximum absolute atomic E-state index is 11.8. The second-order valence-corrected chi connectivity index (χ2v) is 4.13. The molecule has 0 bridgehead atoms. The van der Waals surface area contributed by atoms with E-state index in [0.717, 1.165) is 6.42 Å². The van der Waals surface area contributed by atoms with Crippen molar-refractivity contribution in [2.45, 2.75) is 19.8 Å². The molecule has 0 fully saturated rings.